The number of rotatable bonds is 0. The van der Waals surface area contributed by atoms with Gasteiger partial charge in [-0.1, -0.05) is 6.07 Å². The van der Waals surface area contributed by atoms with E-state index in [1.807, 2.05) is 0 Å². The molecular weight excluding hydrogens is 220 g/mol. The second-order valence-electron chi connectivity index (χ2n) is 4.79. The highest BCUT2D eigenvalue weighted by Crippen LogP contribution is 2.41. The maximum atomic E-state index is 11.8. The molecule has 3 atom stereocenters. The van der Waals surface area contributed by atoms with Crippen LogP contribution in [0, 0.1) is 0 Å². The van der Waals surface area contributed by atoms with Gasteiger partial charge in [-0.05, 0) is 30.5 Å². The molecule has 0 amide bonds. The molecular formula is C13H14O4. The third-order valence-electron chi connectivity index (χ3n) is 3.68. The molecule has 1 aliphatic carbocycles. The van der Waals surface area contributed by atoms with Crippen molar-refractivity contribution in [1.29, 1.82) is 0 Å². The van der Waals surface area contributed by atoms with Crippen molar-refractivity contribution in [3.05, 3.63) is 29.3 Å². The first-order chi connectivity index (χ1) is 8.15. The van der Waals surface area contributed by atoms with E-state index >= 15 is 0 Å². The number of fused-ring (bicyclic) bond motifs is 3. The van der Waals surface area contributed by atoms with Crippen LogP contribution in [0.3, 0.4) is 0 Å². The lowest BCUT2D eigenvalue weighted by atomic mass is 9.77. The van der Waals surface area contributed by atoms with E-state index in [9.17, 15) is 15.0 Å². The molecule has 1 aromatic rings. The van der Waals surface area contributed by atoms with Crippen molar-refractivity contribution in [2.75, 3.05) is 0 Å². The minimum atomic E-state index is -0.397. The molecule has 1 aromatic carbocycles. The lowest BCUT2D eigenvalue weighted by molar-refractivity contribution is -0.0181. The fourth-order valence-corrected chi connectivity index (χ4v) is 2.84. The first-order valence-corrected chi connectivity index (χ1v) is 5.87. The fourth-order valence-electron chi connectivity index (χ4n) is 2.84. The molecule has 0 saturated heterocycles. The molecule has 2 N–H and O–H groups in total. The summed E-state index contributed by atoms with van der Waals surface area (Å²) in [7, 11) is 0. The normalized spacial score (nSPS) is 31.4. The minimum absolute atomic E-state index is 0.0787. The van der Waals surface area contributed by atoms with Gasteiger partial charge in [0.25, 0.3) is 0 Å². The number of phenolic OH excluding ortho intramolecular Hbond substituents is 1. The van der Waals surface area contributed by atoms with Crippen LogP contribution in [0.5, 0.6) is 5.75 Å². The molecule has 1 saturated carbocycles. The number of phenols is 1. The smallest absolute Gasteiger partial charge is 0.338 e. The number of carbonyl (C=O) groups is 1. The van der Waals surface area contributed by atoms with E-state index in [1.54, 1.807) is 12.1 Å². The highest BCUT2D eigenvalue weighted by Gasteiger charge is 2.39. The minimum Gasteiger partial charge on any atom is -0.508 e. The van der Waals surface area contributed by atoms with Crippen LogP contribution in [0.15, 0.2) is 18.2 Å². The number of aromatic hydroxyl groups is 1. The van der Waals surface area contributed by atoms with Gasteiger partial charge >= 0.3 is 5.97 Å². The van der Waals surface area contributed by atoms with Crippen molar-refractivity contribution in [1.82, 2.24) is 0 Å². The van der Waals surface area contributed by atoms with E-state index in [1.165, 1.54) is 6.07 Å². The van der Waals surface area contributed by atoms with E-state index in [-0.39, 0.29) is 23.9 Å². The second-order valence-corrected chi connectivity index (χ2v) is 4.79. The van der Waals surface area contributed by atoms with Gasteiger partial charge in [0.1, 0.15) is 11.9 Å². The largest absolute Gasteiger partial charge is 0.508 e. The molecule has 0 bridgehead atoms. The molecule has 0 aromatic heterocycles. The lowest BCUT2D eigenvalue weighted by Crippen LogP contribution is -2.38. The van der Waals surface area contributed by atoms with Gasteiger partial charge < -0.3 is 14.9 Å². The molecule has 17 heavy (non-hydrogen) atoms. The molecule has 0 radical (unpaired) electrons. The van der Waals surface area contributed by atoms with Gasteiger partial charge in [-0.2, -0.15) is 0 Å². The topological polar surface area (TPSA) is 66.8 Å². The van der Waals surface area contributed by atoms with Gasteiger partial charge in [-0.25, -0.2) is 4.79 Å². The number of hydrogen-bond acceptors (Lipinski definition) is 4. The summed E-state index contributed by atoms with van der Waals surface area (Å²) in [5.74, 6) is -0.159. The number of esters is 1. The van der Waals surface area contributed by atoms with Crippen LogP contribution in [0.2, 0.25) is 0 Å². The molecule has 4 nitrogen and oxygen atoms in total. The van der Waals surface area contributed by atoms with Gasteiger partial charge in [0.2, 0.25) is 0 Å². The van der Waals surface area contributed by atoms with Crippen LogP contribution in [0.1, 0.15) is 41.1 Å². The third kappa shape index (κ3) is 1.69. The summed E-state index contributed by atoms with van der Waals surface area (Å²) < 4.78 is 5.33. The first-order valence-electron chi connectivity index (χ1n) is 5.87. The Morgan fingerprint density at radius 1 is 1.29 bits per heavy atom. The zero-order valence-corrected chi connectivity index (χ0v) is 9.30. The van der Waals surface area contributed by atoms with Crippen molar-refractivity contribution in [3.63, 3.8) is 0 Å². The van der Waals surface area contributed by atoms with Crippen LogP contribution in [-0.4, -0.2) is 28.4 Å². The van der Waals surface area contributed by atoms with Crippen molar-refractivity contribution in [3.8, 4) is 5.75 Å². The van der Waals surface area contributed by atoms with Crippen LogP contribution >= 0.6 is 0 Å². The van der Waals surface area contributed by atoms with Crippen molar-refractivity contribution in [2.24, 2.45) is 0 Å². The predicted octanol–water partition coefficient (Wildman–Crippen LogP) is 1.56. The fraction of sp³-hybridized carbons (Fsp3) is 0.462. The van der Waals surface area contributed by atoms with Crippen LogP contribution in [0.25, 0.3) is 0 Å². The van der Waals surface area contributed by atoms with E-state index in [0.29, 0.717) is 12.0 Å². The Bertz CT molecular complexity index is 468. The van der Waals surface area contributed by atoms with E-state index in [2.05, 4.69) is 0 Å². The molecule has 3 rings (SSSR count). The molecule has 90 valence electrons. The highest BCUT2D eigenvalue weighted by atomic mass is 16.5. The Morgan fingerprint density at radius 2 is 2.12 bits per heavy atom. The Balaban J connectivity index is 2.03. The van der Waals surface area contributed by atoms with Crippen LogP contribution < -0.4 is 0 Å². The summed E-state index contributed by atoms with van der Waals surface area (Å²) >= 11 is 0. The molecule has 1 fully saturated rings. The summed E-state index contributed by atoms with van der Waals surface area (Å²) in [6.07, 6.45) is 1.47. The maximum Gasteiger partial charge on any atom is 0.338 e. The first kappa shape index (κ1) is 10.6. The molecule has 4 heteroatoms. The average molecular weight is 234 g/mol. The monoisotopic (exact) mass is 234 g/mol. The number of aliphatic hydroxyl groups is 1. The zero-order chi connectivity index (χ0) is 12.0. The van der Waals surface area contributed by atoms with E-state index in [4.69, 9.17) is 4.74 Å². The van der Waals surface area contributed by atoms with Crippen LogP contribution in [-0.2, 0) is 4.74 Å². The summed E-state index contributed by atoms with van der Waals surface area (Å²) in [5, 5.41) is 19.0. The van der Waals surface area contributed by atoms with Gasteiger partial charge in [0.05, 0.1) is 11.7 Å². The summed E-state index contributed by atoms with van der Waals surface area (Å²) in [5.41, 5.74) is 1.40. The van der Waals surface area contributed by atoms with Crippen molar-refractivity contribution in [2.45, 2.75) is 37.4 Å². The molecule has 1 heterocycles. The summed E-state index contributed by atoms with van der Waals surface area (Å²) in [6.45, 7) is 0. The quantitative estimate of drug-likeness (QED) is 0.668. The van der Waals surface area contributed by atoms with E-state index in [0.717, 1.165) is 18.4 Å². The summed E-state index contributed by atoms with van der Waals surface area (Å²) in [6, 6.07) is 4.85. The lowest BCUT2D eigenvalue weighted by Gasteiger charge is -2.38. The second kappa shape index (κ2) is 3.74. The number of aliphatic hydroxyl groups excluding tert-OH is 1. The SMILES string of the molecule is O=C1O[C@@H]2C[C@@H](O)CC[C@@H]2c2ccc(O)cc21. The van der Waals surface area contributed by atoms with Gasteiger partial charge in [-0.3, -0.25) is 0 Å². The number of benzene rings is 1. The molecule has 0 spiro atoms. The van der Waals surface area contributed by atoms with E-state index < -0.39 is 5.97 Å². The standard InChI is InChI=1S/C13H14O4/c14-7-1-3-9-10-4-2-8(15)6-12(10)17-13(16)11(9)5-7/h1,3,5,8,10,12,14-15H,2,4,6H2/t8-,10+,12+/m0/s1. The Hall–Kier alpha value is -1.55. The van der Waals surface area contributed by atoms with Crippen LogP contribution in [0.4, 0.5) is 0 Å². The Morgan fingerprint density at radius 3 is 2.94 bits per heavy atom. The summed E-state index contributed by atoms with van der Waals surface area (Å²) in [4.78, 5) is 11.8. The predicted molar refractivity (Wildman–Crippen MR) is 59.9 cm³/mol. The van der Waals surface area contributed by atoms with Crippen molar-refractivity contribution >= 4 is 5.97 Å². The third-order valence-corrected chi connectivity index (χ3v) is 3.68. The van der Waals surface area contributed by atoms with Gasteiger partial charge in [-0.15, -0.1) is 0 Å². The molecule has 0 unspecified atom stereocenters. The Kier molecular flexibility index (Phi) is 2.33. The van der Waals surface area contributed by atoms with Crippen molar-refractivity contribution < 1.29 is 19.7 Å². The van der Waals surface area contributed by atoms with Gasteiger partial charge in [0.15, 0.2) is 0 Å². The molecule has 2 aliphatic rings. The number of carbonyl (C=O) groups excluding carboxylic acids is 1. The Labute approximate surface area is 98.8 Å². The molecule has 1 aliphatic heterocycles. The number of hydrogen-bond donors (Lipinski definition) is 2. The average Bonchev–Trinajstić information content (AvgIpc) is 2.29. The number of ether oxygens (including phenoxy) is 1. The van der Waals surface area contributed by atoms with Gasteiger partial charge in [0, 0.05) is 12.3 Å². The maximum absolute atomic E-state index is 11.8. The highest BCUT2D eigenvalue weighted by molar-refractivity contribution is 5.93. The zero-order valence-electron chi connectivity index (χ0n) is 9.30.